The van der Waals surface area contributed by atoms with E-state index in [0.29, 0.717) is 18.8 Å². The molecule has 2 N–H and O–H groups in total. The predicted octanol–water partition coefficient (Wildman–Crippen LogP) is 1.55. The van der Waals surface area contributed by atoms with Gasteiger partial charge in [-0.15, -0.1) is 0 Å². The number of anilines is 1. The molecule has 7 heteroatoms. The number of nitrogen functional groups attached to an aromatic ring is 1. The molecule has 0 saturated carbocycles. The minimum absolute atomic E-state index is 0.0110. The Balaban J connectivity index is 2.15. The van der Waals surface area contributed by atoms with E-state index in [4.69, 9.17) is 10.5 Å². The maximum atomic E-state index is 12.7. The van der Waals surface area contributed by atoms with Crippen molar-refractivity contribution in [3.8, 4) is 0 Å². The van der Waals surface area contributed by atoms with Crippen LogP contribution in [0.1, 0.15) is 12.0 Å². The van der Waals surface area contributed by atoms with Gasteiger partial charge in [0.1, 0.15) is 0 Å². The zero-order chi connectivity index (χ0) is 15.3. The molecule has 1 aromatic carbocycles. The van der Waals surface area contributed by atoms with Crippen LogP contribution in [0.25, 0.3) is 0 Å². The van der Waals surface area contributed by atoms with Gasteiger partial charge in [-0.1, -0.05) is 12.1 Å². The maximum Gasteiger partial charge on any atom is 0.218 e. The molecule has 1 aromatic rings. The Bertz CT molecular complexity index is 557. The summed E-state index contributed by atoms with van der Waals surface area (Å²) in [5, 5.41) is 0. The van der Waals surface area contributed by atoms with Crippen LogP contribution in [0.4, 0.5) is 5.69 Å². The topological polar surface area (TPSA) is 72.6 Å². The fraction of sp³-hybridized carbons (Fsp3) is 0.571. The van der Waals surface area contributed by atoms with E-state index in [-0.39, 0.29) is 11.8 Å². The molecule has 0 aliphatic carbocycles. The Morgan fingerprint density at radius 1 is 1.48 bits per heavy atom. The number of hydrogen-bond donors (Lipinski definition) is 1. The highest BCUT2D eigenvalue weighted by molar-refractivity contribution is 7.99. The summed E-state index contributed by atoms with van der Waals surface area (Å²) in [7, 11) is -1.77. The third-order valence-corrected chi connectivity index (χ3v) is 6.52. The molecule has 1 fully saturated rings. The van der Waals surface area contributed by atoms with Crippen molar-refractivity contribution in [1.29, 1.82) is 0 Å². The first-order valence-corrected chi connectivity index (χ1v) is 9.70. The van der Waals surface area contributed by atoms with Gasteiger partial charge in [0.15, 0.2) is 0 Å². The largest absolute Gasteiger partial charge is 0.399 e. The van der Waals surface area contributed by atoms with Gasteiger partial charge in [-0.3, -0.25) is 0 Å². The van der Waals surface area contributed by atoms with Crippen LogP contribution in [0, 0.1) is 0 Å². The Morgan fingerprint density at radius 2 is 2.29 bits per heavy atom. The number of nitrogens with zero attached hydrogens (tertiary/aromatic N) is 1. The minimum atomic E-state index is -3.36. The number of nitrogens with two attached hydrogens (primary N) is 1. The van der Waals surface area contributed by atoms with Crippen LogP contribution in [0.3, 0.4) is 0 Å². The van der Waals surface area contributed by atoms with Gasteiger partial charge in [0.05, 0.1) is 12.4 Å². The molecule has 0 amide bonds. The van der Waals surface area contributed by atoms with Gasteiger partial charge in [-0.05, 0) is 29.9 Å². The third kappa shape index (κ3) is 4.60. The van der Waals surface area contributed by atoms with E-state index in [0.717, 1.165) is 23.5 Å². The van der Waals surface area contributed by atoms with E-state index < -0.39 is 10.0 Å². The van der Waals surface area contributed by atoms with Crippen LogP contribution in [0.5, 0.6) is 0 Å². The van der Waals surface area contributed by atoms with Gasteiger partial charge < -0.3 is 10.5 Å². The fourth-order valence-electron chi connectivity index (χ4n) is 2.46. The van der Waals surface area contributed by atoms with Gasteiger partial charge in [0.2, 0.25) is 10.0 Å². The van der Waals surface area contributed by atoms with Crippen LogP contribution in [-0.4, -0.2) is 50.5 Å². The lowest BCUT2D eigenvalue weighted by Crippen LogP contribution is -2.42. The lowest BCUT2D eigenvalue weighted by molar-refractivity contribution is 0.169. The van der Waals surface area contributed by atoms with Crippen molar-refractivity contribution in [1.82, 2.24) is 4.31 Å². The van der Waals surface area contributed by atoms with Crippen LogP contribution in [0.15, 0.2) is 24.3 Å². The number of sulfonamides is 1. The van der Waals surface area contributed by atoms with Crippen molar-refractivity contribution in [2.24, 2.45) is 0 Å². The second-order valence-electron chi connectivity index (χ2n) is 5.12. The summed E-state index contributed by atoms with van der Waals surface area (Å²) < 4.78 is 32.1. The van der Waals surface area contributed by atoms with Crippen LogP contribution < -0.4 is 5.73 Å². The van der Waals surface area contributed by atoms with Gasteiger partial charge in [-0.2, -0.15) is 16.1 Å². The molecule has 118 valence electrons. The van der Waals surface area contributed by atoms with Gasteiger partial charge >= 0.3 is 0 Å². The highest BCUT2D eigenvalue weighted by Crippen LogP contribution is 2.26. The molecule has 1 heterocycles. The third-order valence-electron chi connectivity index (χ3n) is 3.49. The Morgan fingerprint density at radius 3 is 2.90 bits per heavy atom. The van der Waals surface area contributed by atoms with E-state index in [1.807, 2.05) is 0 Å². The number of rotatable bonds is 7. The zero-order valence-electron chi connectivity index (χ0n) is 12.2. The second kappa shape index (κ2) is 7.49. The molecule has 0 spiro atoms. The number of benzene rings is 1. The number of hydrogen-bond acceptors (Lipinski definition) is 5. The van der Waals surface area contributed by atoms with E-state index in [1.165, 1.54) is 0 Å². The van der Waals surface area contributed by atoms with Crippen molar-refractivity contribution in [3.05, 3.63) is 29.8 Å². The molecule has 1 atom stereocenters. The van der Waals surface area contributed by atoms with Crippen molar-refractivity contribution >= 4 is 27.5 Å². The summed E-state index contributed by atoms with van der Waals surface area (Å²) in [4.78, 5) is 0. The molecule has 21 heavy (non-hydrogen) atoms. The lowest BCUT2D eigenvalue weighted by Gasteiger charge is -2.27. The lowest BCUT2D eigenvalue weighted by atomic mass is 10.2. The first kappa shape index (κ1) is 16.6. The number of ether oxygens (including phenoxy) is 1. The molecule has 1 aliphatic rings. The van der Waals surface area contributed by atoms with Crippen molar-refractivity contribution in [2.75, 3.05) is 37.5 Å². The van der Waals surface area contributed by atoms with Gasteiger partial charge in [0, 0.05) is 31.1 Å². The quantitative estimate of drug-likeness (QED) is 0.768. The summed E-state index contributed by atoms with van der Waals surface area (Å²) in [6, 6.07) is 7.13. The highest BCUT2D eigenvalue weighted by atomic mass is 32.2. The Labute approximate surface area is 130 Å². The minimum Gasteiger partial charge on any atom is -0.399 e. The monoisotopic (exact) mass is 330 g/mol. The first-order valence-electron chi connectivity index (χ1n) is 6.93. The van der Waals surface area contributed by atoms with E-state index in [9.17, 15) is 8.42 Å². The molecule has 1 saturated heterocycles. The second-order valence-corrected chi connectivity index (χ2v) is 8.19. The molecule has 0 aromatic heterocycles. The van der Waals surface area contributed by atoms with E-state index in [2.05, 4.69) is 0 Å². The Kier molecular flexibility index (Phi) is 5.92. The van der Waals surface area contributed by atoms with Crippen molar-refractivity contribution < 1.29 is 13.2 Å². The standard InChI is InChI=1S/C14H22N2O3S2/c1-19-7-6-16(14-5-8-20-10-14)21(17,18)11-12-3-2-4-13(15)9-12/h2-4,9,14H,5-8,10-11,15H2,1H3. The summed E-state index contributed by atoms with van der Waals surface area (Å²) >= 11 is 1.80. The first-order chi connectivity index (χ1) is 10.0. The normalized spacial score (nSPS) is 19.2. The Hall–Kier alpha value is -0.760. The summed E-state index contributed by atoms with van der Waals surface area (Å²) in [5.41, 5.74) is 7.03. The molecule has 2 rings (SSSR count). The average Bonchev–Trinajstić information content (AvgIpc) is 2.92. The number of thioether (sulfide) groups is 1. The molecule has 1 unspecified atom stereocenters. The molecule has 1 aliphatic heterocycles. The molecule has 0 bridgehead atoms. The smallest absolute Gasteiger partial charge is 0.218 e. The SMILES string of the molecule is COCCN(C1CCSC1)S(=O)(=O)Cc1cccc(N)c1. The maximum absolute atomic E-state index is 12.7. The number of methoxy groups -OCH3 is 1. The fourth-order valence-corrected chi connectivity index (χ4v) is 5.53. The van der Waals surface area contributed by atoms with Crippen molar-refractivity contribution in [3.63, 3.8) is 0 Å². The molecular weight excluding hydrogens is 308 g/mol. The summed E-state index contributed by atoms with van der Waals surface area (Å²) in [5.74, 6) is 1.87. The summed E-state index contributed by atoms with van der Waals surface area (Å²) in [6.45, 7) is 0.823. The van der Waals surface area contributed by atoms with Crippen LogP contribution in [-0.2, 0) is 20.5 Å². The highest BCUT2D eigenvalue weighted by Gasteiger charge is 2.32. The predicted molar refractivity (Wildman–Crippen MR) is 87.8 cm³/mol. The molecule has 5 nitrogen and oxygen atoms in total. The van der Waals surface area contributed by atoms with E-state index in [1.54, 1.807) is 47.4 Å². The average molecular weight is 330 g/mol. The zero-order valence-corrected chi connectivity index (χ0v) is 13.8. The van der Waals surface area contributed by atoms with E-state index >= 15 is 0 Å². The molecular formula is C14H22N2O3S2. The van der Waals surface area contributed by atoms with Gasteiger partial charge in [0.25, 0.3) is 0 Å². The van der Waals surface area contributed by atoms with Crippen molar-refractivity contribution in [2.45, 2.75) is 18.2 Å². The molecule has 0 radical (unpaired) electrons. The van der Waals surface area contributed by atoms with Crippen LogP contribution >= 0.6 is 11.8 Å². The van der Waals surface area contributed by atoms with Crippen LogP contribution in [0.2, 0.25) is 0 Å². The van der Waals surface area contributed by atoms with Gasteiger partial charge in [-0.25, -0.2) is 8.42 Å². The summed E-state index contributed by atoms with van der Waals surface area (Å²) in [6.07, 6.45) is 0.907.